The smallest absolute Gasteiger partial charge is 0.161 e. The Morgan fingerprint density at radius 1 is 1.20 bits per heavy atom. The molecule has 0 spiro atoms. The number of benzene rings is 1. The third kappa shape index (κ3) is 3.26. The second-order valence-corrected chi connectivity index (χ2v) is 6.22. The van der Waals surface area contributed by atoms with Crippen molar-refractivity contribution in [2.75, 3.05) is 19.8 Å². The van der Waals surface area contributed by atoms with Gasteiger partial charge in [-0.2, -0.15) is 0 Å². The average molecular weight is 275 g/mol. The highest BCUT2D eigenvalue weighted by Crippen LogP contribution is 2.39. The number of fused-ring (bicyclic) bond motifs is 1. The normalized spacial score (nSPS) is 23.2. The second kappa shape index (κ2) is 6.04. The summed E-state index contributed by atoms with van der Waals surface area (Å²) in [4.78, 5) is 0. The van der Waals surface area contributed by atoms with Gasteiger partial charge in [-0.05, 0) is 36.6 Å². The van der Waals surface area contributed by atoms with Crippen molar-refractivity contribution in [3.63, 3.8) is 0 Å². The highest BCUT2D eigenvalue weighted by atomic mass is 16.5. The van der Waals surface area contributed by atoms with E-state index in [1.165, 1.54) is 24.8 Å². The monoisotopic (exact) mass is 275 g/mol. The van der Waals surface area contributed by atoms with Crippen LogP contribution in [0.4, 0.5) is 0 Å². The topological polar surface area (TPSA) is 30.5 Å². The van der Waals surface area contributed by atoms with Gasteiger partial charge in [0.15, 0.2) is 11.5 Å². The summed E-state index contributed by atoms with van der Waals surface area (Å²) in [7, 11) is 0. The van der Waals surface area contributed by atoms with E-state index < -0.39 is 0 Å². The lowest BCUT2D eigenvalue weighted by molar-refractivity contribution is 0.228. The molecule has 1 aromatic carbocycles. The van der Waals surface area contributed by atoms with E-state index in [1.54, 1.807) is 0 Å². The van der Waals surface area contributed by atoms with Crippen LogP contribution in [-0.2, 0) is 0 Å². The van der Waals surface area contributed by atoms with Gasteiger partial charge in [-0.1, -0.05) is 32.8 Å². The summed E-state index contributed by atoms with van der Waals surface area (Å²) >= 11 is 0. The van der Waals surface area contributed by atoms with Crippen molar-refractivity contribution in [3.05, 3.63) is 23.8 Å². The quantitative estimate of drug-likeness (QED) is 0.891. The lowest BCUT2D eigenvalue weighted by atomic mass is 10.0. The molecule has 1 fully saturated rings. The van der Waals surface area contributed by atoms with Crippen molar-refractivity contribution in [3.8, 4) is 11.5 Å². The molecule has 3 nitrogen and oxygen atoms in total. The second-order valence-electron chi connectivity index (χ2n) is 6.22. The standard InChI is InChI=1S/C17H25NO2/c1-3-18-15(8-13-4-5-13)14-6-7-16-17(9-14)20-11-12(2)10-19-16/h6-7,9,12-13,15,18H,3-5,8,10-11H2,1-2H3. The fourth-order valence-electron chi connectivity index (χ4n) is 2.76. The van der Waals surface area contributed by atoms with Crippen molar-refractivity contribution in [1.82, 2.24) is 5.32 Å². The van der Waals surface area contributed by atoms with E-state index in [1.807, 2.05) is 0 Å². The Bertz CT molecular complexity index is 456. The lowest BCUT2D eigenvalue weighted by Gasteiger charge is -2.19. The maximum Gasteiger partial charge on any atom is 0.161 e. The first-order valence-electron chi connectivity index (χ1n) is 7.89. The molecule has 0 saturated heterocycles. The molecular weight excluding hydrogens is 250 g/mol. The minimum Gasteiger partial charge on any atom is -0.489 e. The first kappa shape index (κ1) is 13.7. The zero-order chi connectivity index (χ0) is 13.9. The van der Waals surface area contributed by atoms with Gasteiger partial charge in [0.1, 0.15) is 0 Å². The van der Waals surface area contributed by atoms with Crippen molar-refractivity contribution in [1.29, 1.82) is 0 Å². The van der Waals surface area contributed by atoms with E-state index in [4.69, 9.17) is 9.47 Å². The van der Waals surface area contributed by atoms with Gasteiger partial charge < -0.3 is 14.8 Å². The molecule has 110 valence electrons. The van der Waals surface area contributed by atoms with Gasteiger partial charge in [-0.15, -0.1) is 0 Å². The van der Waals surface area contributed by atoms with Crippen molar-refractivity contribution in [2.24, 2.45) is 11.8 Å². The molecule has 0 radical (unpaired) electrons. The Kier molecular flexibility index (Phi) is 4.16. The van der Waals surface area contributed by atoms with Crippen LogP contribution < -0.4 is 14.8 Å². The maximum absolute atomic E-state index is 5.90. The average Bonchev–Trinajstić information content (AvgIpc) is 3.27. The van der Waals surface area contributed by atoms with Gasteiger partial charge in [0.05, 0.1) is 13.2 Å². The van der Waals surface area contributed by atoms with Crippen LogP contribution in [0.2, 0.25) is 0 Å². The third-order valence-electron chi connectivity index (χ3n) is 4.13. The molecule has 1 aromatic rings. The molecule has 0 aromatic heterocycles. The van der Waals surface area contributed by atoms with E-state index in [-0.39, 0.29) is 0 Å². The van der Waals surface area contributed by atoms with Crippen LogP contribution in [0.25, 0.3) is 0 Å². The molecular formula is C17H25NO2. The Morgan fingerprint density at radius 3 is 2.65 bits per heavy atom. The Hall–Kier alpha value is -1.22. The van der Waals surface area contributed by atoms with Crippen LogP contribution in [0.1, 0.15) is 44.7 Å². The minimum absolute atomic E-state index is 0.446. The van der Waals surface area contributed by atoms with E-state index in [0.717, 1.165) is 37.2 Å². The molecule has 2 unspecified atom stereocenters. The van der Waals surface area contributed by atoms with Crippen LogP contribution in [0.5, 0.6) is 11.5 Å². The van der Waals surface area contributed by atoms with Gasteiger partial charge >= 0.3 is 0 Å². The highest BCUT2D eigenvalue weighted by Gasteiger charge is 2.26. The van der Waals surface area contributed by atoms with E-state index in [0.29, 0.717) is 12.0 Å². The predicted molar refractivity (Wildman–Crippen MR) is 80.4 cm³/mol. The van der Waals surface area contributed by atoms with Crippen LogP contribution in [-0.4, -0.2) is 19.8 Å². The zero-order valence-electron chi connectivity index (χ0n) is 12.5. The maximum atomic E-state index is 5.90. The SMILES string of the molecule is CCNC(CC1CC1)c1ccc2c(c1)OCC(C)CO2. The minimum atomic E-state index is 0.446. The third-order valence-corrected chi connectivity index (χ3v) is 4.13. The van der Waals surface area contributed by atoms with Crippen LogP contribution in [0.15, 0.2) is 18.2 Å². The summed E-state index contributed by atoms with van der Waals surface area (Å²) < 4.78 is 11.7. The van der Waals surface area contributed by atoms with Crippen molar-refractivity contribution in [2.45, 2.75) is 39.2 Å². The lowest BCUT2D eigenvalue weighted by Crippen LogP contribution is -2.21. The van der Waals surface area contributed by atoms with Crippen LogP contribution in [0, 0.1) is 11.8 Å². The number of nitrogens with one attached hydrogen (secondary N) is 1. The molecule has 3 heteroatoms. The first-order chi connectivity index (χ1) is 9.76. The largest absolute Gasteiger partial charge is 0.489 e. The van der Waals surface area contributed by atoms with Gasteiger partial charge in [0.25, 0.3) is 0 Å². The van der Waals surface area contributed by atoms with Crippen LogP contribution >= 0.6 is 0 Å². The van der Waals surface area contributed by atoms with Gasteiger partial charge in [0.2, 0.25) is 0 Å². The fourth-order valence-corrected chi connectivity index (χ4v) is 2.76. The van der Waals surface area contributed by atoms with Crippen LogP contribution in [0.3, 0.4) is 0 Å². The molecule has 20 heavy (non-hydrogen) atoms. The van der Waals surface area contributed by atoms with Gasteiger partial charge in [0, 0.05) is 12.0 Å². The number of rotatable bonds is 5. The van der Waals surface area contributed by atoms with Crippen molar-refractivity contribution < 1.29 is 9.47 Å². The first-order valence-corrected chi connectivity index (χ1v) is 7.89. The fraction of sp³-hybridized carbons (Fsp3) is 0.647. The predicted octanol–water partition coefficient (Wildman–Crippen LogP) is 3.54. The summed E-state index contributed by atoms with van der Waals surface area (Å²) in [6.07, 6.45) is 4.03. The molecule has 1 N–H and O–H groups in total. The molecule has 0 bridgehead atoms. The molecule has 1 aliphatic carbocycles. The summed E-state index contributed by atoms with van der Waals surface area (Å²) in [6, 6.07) is 6.87. The zero-order valence-corrected chi connectivity index (χ0v) is 12.5. The highest BCUT2D eigenvalue weighted by molar-refractivity contribution is 5.44. The Morgan fingerprint density at radius 2 is 1.95 bits per heavy atom. The Balaban J connectivity index is 1.78. The van der Waals surface area contributed by atoms with E-state index in [2.05, 4.69) is 37.4 Å². The molecule has 1 aliphatic heterocycles. The van der Waals surface area contributed by atoms with E-state index >= 15 is 0 Å². The summed E-state index contributed by atoms with van der Waals surface area (Å²) in [5.41, 5.74) is 1.33. The summed E-state index contributed by atoms with van der Waals surface area (Å²) in [5, 5.41) is 3.61. The molecule has 1 saturated carbocycles. The number of hydrogen-bond acceptors (Lipinski definition) is 3. The van der Waals surface area contributed by atoms with Gasteiger partial charge in [-0.3, -0.25) is 0 Å². The summed E-state index contributed by atoms with van der Waals surface area (Å²) in [5.74, 6) is 3.15. The van der Waals surface area contributed by atoms with E-state index in [9.17, 15) is 0 Å². The number of hydrogen-bond donors (Lipinski definition) is 1. The number of ether oxygens (including phenoxy) is 2. The molecule has 3 rings (SSSR count). The Labute approximate surface area is 121 Å². The van der Waals surface area contributed by atoms with Crippen molar-refractivity contribution >= 4 is 0 Å². The molecule has 2 aliphatic rings. The summed E-state index contributed by atoms with van der Waals surface area (Å²) in [6.45, 7) is 6.81. The molecule has 0 amide bonds. The van der Waals surface area contributed by atoms with Gasteiger partial charge in [-0.25, -0.2) is 0 Å². The molecule has 2 atom stereocenters. The molecule has 1 heterocycles.